The number of benzene rings is 3. The minimum Gasteiger partial charge on any atom is -0.507 e. The Hall–Kier alpha value is -3.64. The molecule has 0 radical (unpaired) electrons. The number of para-hydroxylation sites is 2. The van der Waals surface area contributed by atoms with Crippen molar-refractivity contribution in [2.24, 2.45) is 5.10 Å². The molecule has 2 N–H and O–H groups in total. The zero-order valence-corrected chi connectivity index (χ0v) is 15.9. The maximum absolute atomic E-state index is 12.7. The van der Waals surface area contributed by atoms with E-state index in [-0.39, 0.29) is 23.6 Å². The van der Waals surface area contributed by atoms with Crippen LogP contribution >= 0.6 is 11.6 Å². The largest absolute Gasteiger partial charge is 0.507 e. The zero-order chi connectivity index (χ0) is 20.4. The van der Waals surface area contributed by atoms with Gasteiger partial charge in [-0.2, -0.15) is 5.10 Å². The third kappa shape index (κ3) is 3.70. The van der Waals surface area contributed by atoms with E-state index in [4.69, 9.17) is 11.6 Å². The molecule has 4 aromatic rings. The molecule has 0 aliphatic rings. The Labute approximate surface area is 170 Å². The number of carbonyl (C=O) groups is 1. The van der Waals surface area contributed by atoms with E-state index in [0.717, 1.165) is 0 Å². The zero-order valence-electron chi connectivity index (χ0n) is 15.2. The number of aromatic nitrogens is 1. The van der Waals surface area contributed by atoms with Crippen LogP contribution in [0, 0.1) is 0 Å². The summed E-state index contributed by atoms with van der Waals surface area (Å²) in [6, 6.07) is 18.9. The maximum atomic E-state index is 12.7. The topological polar surface area (TPSA) is 83.7 Å². The second-order valence-corrected chi connectivity index (χ2v) is 6.88. The van der Waals surface area contributed by atoms with Crippen LogP contribution in [0.4, 0.5) is 0 Å². The molecular weight excluding hydrogens is 390 g/mol. The van der Waals surface area contributed by atoms with Crippen LogP contribution in [0.2, 0.25) is 5.02 Å². The fourth-order valence-electron chi connectivity index (χ4n) is 3.23. The van der Waals surface area contributed by atoms with Crippen molar-refractivity contribution in [3.8, 4) is 5.75 Å². The molecule has 0 saturated carbocycles. The van der Waals surface area contributed by atoms with Crippen molar-refractivity contribution in [1.82, 2.24) is 9.99 Å². The Kier molecular flexibility index (Phi) is 5.01. The molecule has 0 aliphatic carbocycles. The molecule has 7 heteroatoms. The highest BCUT2D eigenvalue weighted by atomic mass is 35.5. The molecule has 0 fully saturated rings. The average molecular weight is 406 g/mol. The van der Waals surface area contributed by atoms with E-state index in [2.05, 4.69) is 10.5 Å². The molecule has 0 unspecified atom stereocenters. The molecule has 6 nitrogen and oxygen atoms in total. The molecule has 0 saturated heterocycles. The minimum atomic E-state index is -0.373. The van der Waals surface area contributed by atoms with Crippen LogP contribution in [0.1, 0.15) is 5.56 Å². The monoisotopic (exact) mass is 405 g/mol. The van der Waals surface area contributed by atoms with Crippen molar-refractivity contribution >= 4 is 45.5 Å². The Morgan fingerprint density at radius 1 is 1.03 bits per heavy atom. The lowest BCUT2D eigenvalue weighted by atomic mass is 10.1. The molecule has 1 amide bonds. The SMILES string of the molecule is O=C(Cn1c2ccccc2c(=O)c2ccccc21)N/N=C\c1cc(Cl)ccc1O. The van der Waals surface area contributed by atoms with E-state index in [1.807, 2.05) is 24.3 Å². The second kappa shape index (κ2) is 7.77. The Morgan fingerprint density at radius 2 is 1.66 bits per heavy atom. The first-order valence-electron chi connectivity index (χ1n) is 8.85. The third-order valence-corrected chi connectivity index (χ3v) is 4.80. The van der Waals surface area contributed by atoms with Gasteiger partial charge in [0.1, 0.15) is 12.3 Å². The molecule has 3 aromatic carbocycles. The first-order chi connectivity index (χ1) is 14.0. The first kappa shape index (κ1) is 18.7. The van der Waals surface area contributed by atoms with Crippen LogP contribution in [-0.2, 0) is 11.3 Å². The maximum Gasteiger partial charge on any atom is 0.260 e. The summed E-state index contributed by atoms with van der Waals surface area (Å²) in [6.07, 6.45) is 1.32. The van der Waals surface area contributed by atoms with E-state index in [1.54, 1.807) is 34.9 Å². The Bertz CT molecular complexity index is 1270. The van der Waals surface area contributed by atoms with E-state index in [1.165, 1.54) is 18.3 Å². The summed E-state index contributed by atoms with van der Waals surface area (Å²) in [6.45, 7) is -0.0276. The fraction of sp³-hybridized carbons (Fsp3) is 0.0455. The van der Waals surface area contributed by atoms with Crippen molar-refractivity contribution in [3.05, 3.63) is 87.5 Å². The van der Waals surface area contributed by atoms with Crippen LogP contribution in [0.25, 0.3) is 21.8 Å². The lowest BCUT2D eigenvalue weighted by molar-refractivity contribution is -0.121. The van der Waals surface area contributed by atoms with Gasteiger partial charge in [-0.15, -0.1) is 0 Å². The van der Waals surface area contributed by atoms with Crippen molar-refractivity contribution in [1.29, 1.82) is 0 Å². The lowest BCUT2D eigenvalue weighted by Crippen LogP contribution is -2.25. The van der Waals surface area contributed by atoms with Crippen molar-refractivity contribution in [3.63, 3.8) is 0 Å². The summed E-state index contributed by atoms with van der Waals surface area (Å²) < 4.78 is 1.79. The van der Waals surface area contributed by atoms with Crippen LogP contribution in [-0.4, -0.2) is 21.8 Å². The van der Waals surface area contributed by atoms with Gasteiger partial charge in [0, 0.05) is 21.4 Å². The summed E-state index contributed by atoms with van der Waals surface area (Å²) in [7, 11) is 0. The van der Waals surface area contributed by atoms with Crippen molar-refractivity contribution < 1.29 is 9.90 Å². The van der Waals surface area contributed by atoms with Crippen molar-refractivity contribution in [2.45, 2.75) is 6.54 Å². The molecule has 1 aromatic heterocycles. The third-order valence-electron chi connectivity index (χ3n) is 4.56. The molecule has 0 atom stereocenters. The summed E-state index contributed by atoms with van der Waals surface area (Å²) in [5.41, 5.74) is 4.11. The summed E-state index contributed by atoms with van der Waals surface area (Å²) in [5, 5.41) is 15.2. The number of rotatable bonds is 4. The highest BCUT2D eigenvalue weighted by Crippen LogP contribution is 2.20. The number of amides is 1. The van der Waals surface area contributed by atoms with Gasteiger partial charge in [0.05, 0.1) is 17.2 Å². The van der Waals surface area contributed by atoms with Gasteiger partial charge in [-0.05, 0) is 42.5 Å². The highest BCUT2D eigenvalue weighted by Gasteiger charge is 2.12. The van der Waals surface area contributed by atoms with E-state index < -0.39 is 0 Å². The highest BCUT2D eigenvalue weighted by molar-refractivity contribution is 6.30. The van der Waals surface area contributed by atoms with E-state index in [9.17, 15) is 14.7 Å². The number of hydrazone groups is 1. The van der Waals surface area contributed by atoms with Crippen LogP contribution < -0.4 is 10.9 Å². The molecule has 0 spiro atoms. The van der Waals surface area contributed by atoms with Crippen molar-refractivity contribution in [2.75, 3.05) is 0 Å². The second-order valence-electron chi connectivity index (χ2n) is 6.45. The number of nitrogens with zero attached hydrogens (tertiary/aromatic N) is 2. The van der Waals surface area contributed by atoms with Gasteiger partial charge in [-0.3, -0.25) is 9.59 Å². The molecular formula is C22H16ClN3O3. The number of phenols is 1. The predicted octanol–water partition coefficient (Wildman–Crippen LogP) is 3.66. The average Bonchev–Trinajstić information content (AvgIpc) is 2.73. The number of halogens is 1. The molecule has 4 rings (SSSR count). The number of nitrogens with one attached hydrogen (secondary N) is 1. The van der Waals surface area contributed by atoms with Gasteiger partial charge in [-0.25, -0.2) is 5.43 Å². The smallest absolute Gasteiger partial charge is 0.260 e. The molecule has 0 bridgehead atoms. The van der Waals surface area contributed by atoms with Gasteiger partial charge < -0.3 is 9.67 Å². The van der Waals surface area contributed by atoms with Gasteiger partial charge in [0.25, 0.3) is 5.91 Å². The summed E-state index contributed by atoms with van der Waals surface area (Å²) in [5.74, 6) is -0.369. The summed E-state index contributed by atoms with van der Waals surface area (Å²) >= 11 is 5.90. The number of fused-ring (bicyclic) bond motifs is 2. The van der Waals surface area contributed by atoms with Gasteiger partial charge in [0.15, 0.2) is 5.43 Å². The fourth-order valence-corrected chi connectivity index (χ4v) is 3.41. The number of hydrogen-bond acceptors (Lipinski definition) is 4. The predicted molar refractivity (Wildman–Crippen MR) is 115 cm³/mol. The first-order valence-corrected chi connectivity index (χ1v) is 9.23. The molecule has 29 heavy (non-hydrogen) atoms. The number of aromatic hydroxyl groups is 1. The van der Waals surface area contributed by atoms with Crippen LogP contribution in [0.5, 0.6) is 5.75 Å². The van der Waals surface area contributed by atoms with Crippen LogP contribution in [0.15, 0.2) is 76.6 Å². The number of pyridine rings is 1. The van der Waals surface area contributed by atoms with Crippen LogP contribution in [0.3, 0.4) is 0 Å². The van der Waals surface area contributed by atoms with Gasteiger partial charge >= 0.3 is 0 Å². The lowest BCUT2D eigenvalue weighted by Gasteiger charge is -2.14. The normalized spacial score (nSPS) is 11.3. The quantitative estimate of drug-likeness (QED) is 0.309. The number of hydrogen-bond donors (Lipinski definition) is 2. The van der Waals surface area contributed by atoms with E-state index >= 15 is 0 Å². The number of phenolic OH excluding ortho intramolecular Hbond substituents is 1. The summed E-state index contributed by atoms with van der Waals surface area (Å²) in [4.78, 5) is 25.3. The van der Waals surface area contributed by atoms with E-state index in [0.29, 0.717) is 32.4 Å². The van der Waals surface area contributed by atoms with Gasteiger partial charge in [-0.1, -0.05) is 35.9 Å². The molecule has 144 valence electrons. The number of carbonyl (C=O) groups excluding carboxylic acids is 1. The standard InChI is InChI=1S/C22H16ClN3O3/c23-15-9-10-20(27)14(11-15)12-24-25-21(28)13-26-18-7-3-1-5-16(18)22(29)17-6-2-4-8-19(17)26/h1-12,27H,13H2,(H,25,28)/b24-12-. The van der Waals surface area contributed by atoms with Gasteiger partial charge in [0.2, 0.25) is 0 Å². The minimum absolute atomic E-state index is 0.00444. The Balaban J connectivity index is 1.66. The Morgan fingerprint density at radius 3 is 2.31 bits per heavy atom. The molecule has 0 aliphatic heterocycles. The molecule has 1 heterocycles.